The fourth-order valence-corrected chi connectivity index (χ4v) is 8.39. The Bertz CT molecular complexity index is 686. The lowest BCUT2D eigenvalue weighted by atomic mass is 9.43. The Balaban J connectivity index is 1.47. The molecular formula is C23H34O4. The van der Waals surface area contributed by atoms with Crippen LogP contribution in [0.1, 0.15) is 71.6 Å². The lowest BCUT2D eigenvalue weighted by Gasteiger charge is -2.63. The number of carbonyl (C=O) groups is 1. The van der Waals surface area contributed by atoms with Crippen LogP contribution in [0.4, 0.5) is 0 Å². The van der Waals surface area contributed by atoms with Crippen molar-refractivity contribution >= 4 is 5.97 Å². The van der Waals surface area contributed by atoms with Crippen LogP contribution < -0.4 is 0 Å². The van der Waals surface area contributed by atoms with Gasteiger partial charge in [-0.2, -0.15) is 0 Å². The summed E-state index contributed by atoms with van der Waals surface area (Å²) in [6.45, 7) is 5.15. The first-order valence-corrected chi connectivity index (χ1v) is 11.1. The molecule has 1 heterocycles. The van der Waals surface area contributed by atoms with E-state index in [1.54, 1.807) is 6.08 Å². The van der Waals surface area contributed by atoms with Gasteiger partial charge < -0.3 is 14.9 Å². The molecule has 0 spiro atoms. The minimum Gasteiger partial charge on any atom is -0.458 e. The highest BCUT2D eigenvalue weighted by atomic mass is 16.5. The molecule has 0 aromatic carbocycles. The van der Waals surface area contributed by atoms with E-state index in [1.807, 2.05) is 0 Å². The number of aliphatic hydroxyl groups is 2. The molecule has 4 nitrogen and oxygen atoms in total. The first-order valence-electron chi connectivity index (χ1n) is 11.1. The zero-order valence-electron chi connectivity index (χ0n) is 16.7. The van der Waals surface area contributed by atoms with Crippen molar-refractivity contribution in [2.75, 3.05) is 6.61 Å². The zero-order chi connectivity index (χ0) is 19.0. The Morgan fingerprint density at radius 3 is 2.59 bits per heavy atom. The van der Waals surface area contributed by atoms with Crippen molar-refractivity contribution in [1.82, 2.24) is 0 Å². The third-order valence-electron chi connectivity index (χ3n) is 9.96. The molecule has 5 aliphatic rings. The number of rotatable bonds is 1. The lowest BCUT2D eigenvalue weighted by molar-refractivity contribution is -0.208. The highest BCUT2D eigenvalue weighted by Gasteiger charge is 2.67. The monoisotopic (exact) mass is 374 g/mol. The van der Waals surface area contributed by atoms with Gasteiger partial charge in [0.25, 0.3) is 0 Å². The van der Waals surface area contributed by atoms with Crippen molar-refractivity contribution in [3.05, 3.63) is 11.6 Å². The number of hydrogen-bond acceptors (Lipinski definition) is 4. The molecule has 0 amide bonds. The number of hydrogen-bond donors (Lipinski definition) is 2. The number of carbonyl (C=O) groups excluding carboxylic acids is 1. The maximum absolute atomic E-state index is 12.1. The molecule has 0 aromatic heterocycles. The summed E-state index contributed by atoms with van der Waals surface area (Å²) in [5.41, 5.74) is 0.600. The highest BCUT2D eigenvalue weighted by molar-refractivity contribution is 5.85. The number of esters is 1. The Morgan fingerprint density at radius 2 is 1.85 bits per heavy atom. The summed E-state index contributed by atoms with van der Waals surface area (Å²) in [5, 5.41) is 22.3. The van der Waals surface area contributed by atoms with E-state index < -0.39 is 5.60 Å². The fourth-order valence-electron chi connectivity index (χ4n) is 8.39. The molecule has 4 heteroatoms. The molecule has 150 valence electrons. The summed E-state index contributed by atoms with van der Waals surface area (Å²) < 4.78 is 5.20. The van der Waals surface area contributed by atoms with Gasteiger partial charge in [0.2, 0.25) is 0 Å². The highest BCUT2D eigenvalue weighted by Crippen LogP contribution is 2.69. The molecule has 0 bridgehead atoms. The van der Waals surface area contributed by atoms with Crippen molar-refractivity contribution in [2.45, 2.75) is 83.3 Å². The van der Waals surface area contributed by atoms with Crippen LogP contribution in [0.15, 0.2) is 11.6 Å². The van der Waals surface area contributed by atoms with Gasteiger partial charge in [-0.1, -0.05) is 13.8 Å². The van der Waals surface area contributed by atoms with Gasteiger partial charge in [0, 0.05) is 11.5 Å². The van der Waals surface area contributed by atoms with Gasteiger partial charge in [0.05, 0.1) is 11.7 Å². The summed E-state index contributed by atoms with van der Waals surface area (Å²) in [4.78, 5) is 11.6. The Labute approximate surface area is 162 Å². The number of fused-ring (bicyclic) bond motifs is 5. The molecule has 27 heavy (non-hydrogen) atoms. The molecule has 2 N–H and O–H groups in total. The summed E-state index contributed by atoms with van der Waals surface area (Å²) in [6, 6.07) is 0. The van der Waals surface area contributed by atoms with Crippen molar-refractivity contribution < 1.29 is 19.7 Å². The second-order valence-electron chi connectivity index (χ2n) is 10.7. The molecule has 0 aromatic rings. The smallest absolute Gasteiger partial charge is 0.331 e. The number of cyclic esters (lactones) is 1. The first-order chi connectivity index (χ1) is 12.8. The molecule has 0 saturated heterocycles. The van der Waals surface area contributed by atoms with Crippen LogP contribution >= 0.6 is 0 Å². The van der Waals surface area contributed by atoms with Gasteiger partial charge in [-0.15, -0.1) is 0 Å². The first kappa shape index (κ1) is 18.2. The third kappa shape index (κ3) is 2.32. The largest absolute Gasteiger partial charge is 0.458 e. The predicted octanol–water partition coefficient (Wildman–Crippen LogP) is 3.60. The van der Waals surface area contributed by atoms with Crippen LogP contribution in [0.2, 0.25) is 0 Å². The second-order valence-corrected chi connectivity index (χ2v) is 10.7. The van der Waals surface area contributed by atoms with E-state index in [-0.39, 0.29) is 28.8 Å². The average Bonchev–Trinajstić information content (AvgIpc) is 3.16. The average molecular weight is 375 g/mol. The molecule has 0 unspecified atom stereocenters. The van der Waals surface area contributed by atoms with Gasteiger partial charge in [0.1, 0.15) is 6.61 Å². The SMILES string of the molecule is C[C@]12CC[C@H](O)C[C@@H]1CC[C@@H]1[C@H]2CC[C@]2(C)[C@H](C3=CC(=O)OC3)CC[C@@]12O. The number of ether oxygens (including phenoxy) is 1. The van der Waals surface area contributed by atoms with Crippen molar-refractivity contribution in [1.29, 1.82) is 0 Å². The van der Waals surface area contributed by atoms with E-state index in [0.717, 1.165) is 56.9 Å². The van der Waals surface area contributed by atoms with E-state index >= 15 is 0 Å². The van der Waals surface area contributed by atoms with Gasteiger partial charge in [0.15, 0.2) is 0 Å². The van der Waals surface area contributed by atoms with E-state index in [2.05, 4.69) is 13.8 Å². The van der Waals surface area contributed by atoms with Crippen molar-refractivity contribution in [3.8, 4) is 0 Å². The van der Waals surface area contributed by atoms with Crippen molar-refractivity contribution in [3.63, 3.8) is 0 Å². The fraction of sp³-hybridized carbons (Fsp3) is 0.870. The van der Waals surface area contributed by atoms with Crippen LogP contribution in [-0.2, 0) is 9.53 Å². The maximum atomic E-state index is 12.1. The van der Waals surface area contributed by atoms with E-state index in [9.17, 15) is 15.0 Å². The van der Waals surface area contributed by atoms with Crippen LogP contribution in [0.3, 0.4) is 0 Å². The summed E-state index contributed by atoms with van der Waals surface area (Å²) in [5.74, 6) is 1.59. The summed E-state index contributed by atoms with van der Waals surface area (Å²) in [7, 11) is 0. The molecule has 4 fully saturated rings. The third-order valence-corrected chi connectivity index (χ3v) is 9.96. The Morgan fingerprint density at radius 1 is 1.04 bits per heavy atom. The van der Waals surface area contributed by atoms with Crippen LogP contribution in [-0.4, -0.2) is 34.5 Å². The molecular weight excluding hydrogens is 340 g/mol. The summed E-state index contributed by atoms with van der Waals surface area (Å²) >= 11 is 0. The quantitative estimate of drug-likeness (QED) is 0.688. The molecule has 4 aliphatic carbocycles. The Hall–Kier alpha value is -0.870. The minimum absolute atomic E-state index is 0.126. The van der Waals surface area contributed by atoms with Crippen LogP contribution in [0.25, 0.3) is 0 Å². The van der Waals surface area contributed by atoms with Gasteiger partial charge in [-0.05, 0) is 92.4 Å². The molecule has 4 saturated carbocycles. The summed E-state index contributed by atoms with van der Waals surface area (Å²) in [6.07, 6.45) is 10.8. The number of aliphatic hydroxyl groups excluding tert-OH is 1. The predicted molar refractivity (Wildman–Crippen MR) is 102 cm³/mol. The second kappa shape index (κ2) is 5.82. The lowest BCUT2D eigenvalue weighted by Crippen LogP contribution is -2.62. The molecule has 5 rings (SSSR count). The van der Waals surface area contributed by atoms with E-state index in [4.69, 9.17) is 4.74 Å². The van der Waals surface area contributed by atoms with Crippen LogP contribution in [0.5, 0.6) is 0 Å². The standard InChI is InChI=1S/C23H34O4/c1-21-8-5-16(24)12-15(21)3-4-19-18(21)6-9-22(2)17(7-10-23(19,22)26)14-11-20(25)27-13-14/h11,15-19,24,26H,3-10,12-13H2,1-2H3/t15-,16-,17-,18+,19+,21-,22+,23+/m0/s1. The van der Waals surface area contributed by atoms with Gasteiger partial charge in [-0.3, -0.25) is 0 Å². The minimum atomic E-state index is -0.628. The topological polar surface area (TPSA) is 66.8 Å². The van der Waals surface area contributed by atoms with Crippen molar-refractivity contribution in [2.24, 2.45) is 34.5 Å². The van der Waals surface area contributed by atoms with Gasteiger partial charge in [-0.25, -0.2) is 4.79 Å². The van der Waals surface area contributed by atoms with Gasteiger partial charge >= 0.3 is 5.97 Å². The molecule has 1 aliphatic heterocycles. The Kier molecular flexibility index (Phi) is 3.92. The zero-order valence-corrected chi connectivity index (χ0v) is 16.7. The molecule has 0 radical (unpaired) electrons. The normalized spacial score (nSPS) is 54.6. The molecule has 8 atom stereocenters. The van der Waals surface area contributed by atoms with Crippen LogP contribution in [0, 0.1) is 34.5 Å². The van der Waals surface area contributed by atoms with E-state index in [0.29, 0.717) is 24.4 Å². The van der Waals surface area contributed by atoms with E-state index in [1.165, 1.54) is 6.42 Å². The maximum Gasteiger partial charge on any atom is 0.331 e.